The van der Waals surface area contributed by atoms with Crippen LogP contribution >= 0.6 is 15.9 Å². The van der Waals surface area contributed by atoms with Crippen molar-refractivity contribution in [1.29, 1.82) is 0 Å². The van der Waals surface area contributed by atoms with Crippen LogP contribution in [0.4, 0.5) is 4.39 Å². The van der Waals surface area contributed by atoms with E-state index in [9.17, 15) is 4.39 Å². The summed E-state index contributed by atoms with van der Waals surface area (Å²) in [5.74, 6) is 0.205. The second-order valence-corrected chi connectivity index (χ2v) is 5.90. The molecule has 0 fully saturated rings. The van der Waals surface area contributed by atoms with E-state index in [1.165, 1.54) is 12.1 Å². The lowest BCUT2D eigenvalue weighted by Gasteiger charge is -2.30. The minimum atomic E-state index is -0.220. The Morgan fingerprint density at radius 2 is 2.05 bits per heavy atom. The van der Waals surface area contributed by atoms with E-state index in [0.29, 0.717) is 5.92 Å². The molecule has 1 aromatic carbocycles. The van der Waals surface area contributed by atoms with Gasteiger partial charge in [0.15, 0.2) is 0 Å². The van der Waals surface area contributed by atoms with Crippen molar-refractivity contribution >= 4 is 15.9 Å². The third-order valence-electron chi connectivity index (χ3n) is 3.25. The van der Waals surface area contributed by atoms with E-state index >= 15 is 0 Å². The van der Waals surface area contributed by atoms with Gasteiger partial charge in [-0.05, 0) is 36.6 Å². The number of hydrogen-bond acceptors (Lipinski definition) is 2. The first kappa shape index (κ1) is 16.6. The van der Waals surface area contributed by atoms with E-state index in [1.807, 2.05) is 6.07 Å². The van der Waals surface area contributed by atoms with Gasteiger partial charge in [0.05, 0.1) is 6.10 Å². The Balaban J connectivity index is 2.88. The molecule has 1 rings (SSSR count). The number of nitrogens with one attached hydrogen (secondary N) is 1. The van der Waals surface area contributed by atoms with Crippen molar-refractivity contribution in [3.63, 3.8) is 0 Å². The minimum Gasteiger partial charge on any atom is -0.380 e. The molecular formula is C15H23BrFNO. The highest BCUT2D eigenvalue weighted by molar-refractivity contribution is 9.10. The van der Waals surface area contributed by atoms with E-state index in [0.717, 1.165) is 23.0 Å². The number of methoxy groups -OCH3 is 1. The first-order valence-corrected chi connectivity index (χ1v) is 7.49. The third kappa shape index (κ3) is 4.86. The van der Waals surface area contributed by atoms with E-state index in [2.05, 4.69) is 42.0 Å². The van der Waals surface area contributed by atoms with Crippen molar-refractivity contribution in [1.82, 2.24) is 5.32 Å². The Bertz CT molecular complexity index is 398. The van der Waals surface area contributed by atoms with Gasteiger partial charge < -0.3 is 10.1 Å². The molecule has 4 heteroatoms. The Morgan fingerprint density at radius 1 is 1.37 bits per heavy atom. The first-order chi connectivity index (χ1) is 8.99. The molecule has 19 heavy (non-hydrogen) atoms. The monoisotopic (exact) mass is 331 g/mol. The van der Waals surface area contributed by atoms with Crippen molar-refractivity contribution in [2.45, 2.75) is 39.3 Å². The van der Waals surface area contributed by atoms with Crippen LogP contribution in [0.2, 0.25) is 0 Å². The molecule has 0 amide bonds. The molecule has 0 aliphatic heterocycles. The van der Waals surface area contributed by atoms with Crippen LogP contribution in [0.15, 0.2) is 22.7 Å². The molecule has 1 N–H and O–H groups in total. The molecule has 0 radical (unpaired) electrons. The predicted octanol–water partition coefficient (Wildman–Crippen LogP) is 3.78. The lowest BCUT2D eigenvalue weighted by Crippen LogP contribution is -2.45. The van der Waals surface area contributed by atoms with E-state index in [-0.39, 0.29) is 18.0 Å². The van der Waals surface area contributed by atoms with Crippen molar-refractivity contribution in [2.24, 2.45) is 5.92 Å². The average molecular weight is 332 g/mol. The summed E-state index contributed by atoms with van der Waals surface area (Å²) in [7, 11) is 1.74. The number of benzene rings is 1. The fraction of sp³-hybridized carbons (Fsp3) is 0.600. The van der Waals surface area contributed by atoms with Gasteiger partial charge >= 0.3 is 0 Å². The molecule has 0 aliphatic carbocycles. The number of rotatable bonds is 7. The molecule has 1 aromatic rings. The summed E-state index contributed by atoms with van der Waals surface area (Å²) in [6.07, 6.45) is 0.947. The SMILES string of the molecule is CCNC(Cc1ccc(F)cc1Br)C(OC)C(C)C. The zero-order valence-corrected chi connectivity index (χ0v) is 13.6. The standard InChI is InChI=1S/C15H23BrFNO/c1-5-18-14(15(19-4)10(2)3)8-11-6-7-12(17)9-13(11)16/h6-7,9-10,14-15,18H,5,8H2,1-4H3. The van der Waals surface area contributed by atoms with Gasteiger partial charge in [-0.1, -0.05) is 42.8 Å². The lowest BCUT2D eigenvalue weighted by molar-refractivity contribution is 0.0336. The van der Waals surface area contributed by atoms with Crippen molar-refractivity contribution in [2.75, 3.05) is 13.7 Å². The third-order valence-corrected chi connectivity index (χ3v) is 3.99. The van der Waals surface area contributed by atoms with Crippen LogP contribution in [0, 0.1) is 11.7 Å². The van der Waals surface area contributed by atoms with E-state index in [4.69, 9.17) is 4.74 Å². The summed E-state index contributed by atoms with van der Waals surface area (Å²) in [6, 6.07) is 5.06. The molecule has 0 spiro atoms. The molecule has 2 nitrogen and oxygen atoms in total. The van der Waals surface area contributed by atoms with Crippen LogP contribution in [0.3, 0.4) is 0 Å². The first-order valence-electron chi connectivity index (χ1n) is 6.69. The number of halogens is 2. The number of likely N-dealkylation sites (N-methyl/N-ethyl adjacent to an activating group) is 1. The Labute approximate surface area is 123 Å². The summed E-state index contributed by atoms with van der Waals surface area (Å²) >= 11 is 3.43. The maximum Gasteiger partial charge on any atom is 0.124 e. The molecule has 0 aliphatic rings. The Kier molecular flexibility index (Phi) is 6.97. The average Bonchev–Trinajstić information content (AvgIpc) is 2.33. The Morgan fingerprint density at radius 3 is 2.53 bits per heavy atom. The Hall–Kier alpha value is -0.450. The molecule has 0 aromatic heterocycles. The van der Waals surface area contributed by atoms with Crippen LogP contribution in [0.5, 0.6) is 0 Å². The molecular weight excluding hydrogens is 309 g/mol. The molecule has 0 bridgehead atoms. The van der Waals surface area contributed by atoms with Gasteiger partial charge in [-0.2, -0.15) is 0 Å². The van der Waals surface area contributed by atoms with Gasteiger partial charge in [0.1, 0.15) is 5.82 Å². The topological polar surface area (TPSA) is 21.3 Å². The van der Waals surface area contributed by atoms with Crippen LogP contribution in [0.1, 0.15) is 26.3 Å². The maximum absolute atomic E-state index is 13.1. The molecule has 0 heterocycles. The zero-order chi connectivity index (χ0) is 14.4. The molecule has 108 valence electrons. The highest BCUT2D eigenvalue weighted by atomic mass is 79.9. The molecule has 0 saturated heterocycles. The summed E-state index contributed by atoms with van der Waals surface area (Å²) in [4.78, 5) is 0. The highest BCUT2D eigenvalue weighted by Gasteiger charge is 2.24. The van der Waals surface area contributed by atoms with Crippen LogP contribution < -0.4 is 5.32 Å². The highest BCUT2D eigenvalue weighted by Crippen LogP contribution is 2.22. The zero-order valence-electron chi connectivity index (χ0n) is 12.0. The van der Waals surface area contributed by atoms with Gasteiger partial charge in [-0.15, -0.1) is 0 Å². The van der Waals surface area contributed by atoms with Crippen LogP contribution in [-0.4, -0.2) is 25.8 Å². The van der Waals surface area contributed by atoms with E-state index < -0.39 is 0 Å². The summed E-state index contributed by atoms with van der Waals surface area (Å²) < 4.78 is 19.5. The molecule has 2 atom stereocenters. The summed E-state index contributed by atoms with van der Waals surface area (Å²) in [5.41, 5.74) is 1.09. The van der Waals surface area contributed by atoms with Gasteiger partial charge in [0.25, 0.3) is 0 Å². The van der Waals surface area contributed by atoms with Gasteiger partial charge in [0, 0.05) is 17.6 Å². The van der Waals surface area contributed by atoms with Crippen molar-refractivity contribution in [3.05, 3.63) is 34.1 Å². The predicted molar refractivity (Wildman–Crippen MR) is 80.9 cm³/mol. The van der Waals surface area contributed by atoms with Gasteiger partial charge in [0.2, 0.25) is 0 Å². The quantitative estimate of drug-likeness (QED) is 0.820. The minimum absolute atomic E-state index is 0.136. The van der Waals surface area contributed by atoms with Crippen molar-refractivity contribution < 1.29 is 9.13 Å². The molecule has 0 saturated carbocycles. The fourth-order valence-corrected chi connectivity index (χ4v) is 2.90. The smallest absolute Gasteiger partial charge is 0.124 e. The second kappa shape index (κ2) is 7.98. The number of ether oxygens (including phenoxy) is 1. The van der Waals surface area contributed by atoms with Crippen molar-refractivity contribution in [3.8, 4) is 0 Å². The lowest BCUT2D eigenvalue weighted by atomic mass is 9.94. The van der Waals surface area contributed by atoms with Gasteiger partial charge in [-0.3, -0.25) is 0 Å². The summed E-state index contributed by atoms with van der Waals surface area (Å²) in [6.45, 7) is 7.27. The summed E-state index contributed by atoms with van der Waals surface area (Å²) in [5, 5.41) is 3.47. The van der Waals surface area contributed by atoms with E-state index in [1.54, 1.807) is 7.11 Å². The maximum atomic E-state index is 13.1. The fourth-order valence-electron chi connectivity index (χ4n) is 2.39. The van der Waals surface area contributed by atoms with Crippen LogP contribution in [0.25, 0.3) is 0 Å². The molecule has 2 unspecified atom stereocenters. The van der Waals surface area contributed by atoms with Crippen LogP contribution in [-0.2, 0) is 11.2 Å². The number of hydrogen-bond donors (Lipinski definition) is 1. The second-order valence-electron chi connectivity index (χ2n) is 5.05. The van der Waals surface area contributed by atoms with Gasteiger partial charge in [-0.25, -0.2) is 4.39 Å². The largest absolute Gasteiger partial charge is 0.380 e. The normalized spacial score (nSPS) is 14.7.